The van der Waals surface area contributed by atoms with Gasteiger partial charge >= 0.3 is 11.8 Å². The third-order valence-electron chi connectivity index (χ3n) is 2.26. The van der Waals surface area contributed by atoms with E-state index in [1.807, 2.05) is 0 Å². The Labute approximate surface area is 102 Å². The number of aromatic nitrogens is 4. The molecule has 18 heavy (non-hydrogen) atoms. The van der Waals surface area contributed by atoms with Gasteiger partial charge in [-0.2, -0.15) is 9.55 Å². The molecule has 0 aliphatic rings. The van der Waals surface area contributed by atoms with Gasteiger partial charge in [-0.25, -0.2) is 14.6 Å². The summed E-state index contributed by atoms with van der Waals surface area (Å²) < 4.78 is 10.6. The summed E-state index contributed by atoms with van der Waals surface area (Å²) in [6, 6.07) is 0. The number of hydrogen-bond acceptors (Lipinski definition) is 6. The van der Waals surface area contributed by atoms with Gasteiger partial charge in [0.05, 0.1) is 13.7 Å². The van der Waals surface area contributed by atoms with Crippen LogP contribution in [0.1, 0.15) is 12.7 Å². The lowest BCUT2D eigenvalue weighted by Crippen LogP contribution is -2.25. The van der Waals surface area contributed by atoms with Crippen LogP contribution in [0.15, 0.2) is 4.79 Å². The Kier molecular flexibility index (Phi) is 3.00. The van der Waals surface area contributed by atoms with Crippen molar-refractivity contribution in [2.24, 2.45) is 0 Å². The topological polar surface area (TPSA) is 99.1 Å². The number of carbonyl (C=O) groups excluding carboxylic acids is 1. The predicted molar refractivity (Wildman–Crippen MR) is 61.9 cm³/mol. The van der Waals surface area contributed by atoms with Crippen LogP contribution in [-0.2, 0) is 4.74 Å². The maximum atomic E-state index is 11.7. The largest absolute Gasteiger partial charge is 0.479 e. The fourth-order valence-electron chi connectivity index (χ4n) is 1.57. The molecule has 8 nitrogen and oxygen atoms in total. The predicted octanol–water partition coefficient (Wildman–Crippen LogP) is 0.441. The Bertz CT molecular complexity index is 658. The monoisotopic (exact) mass is 252 g/mol. The van der Waals surface area contributed by atoms with Crippen LogP contribution in [0.5, 0.6) is 5.88 Å². The lowest BCUT2D eigenvalue weighted by Gasteiger charge is -2.03. The van der Waals surface area contributed by atoms with Crippen LogP contribution in [0.3, 0.4) is 0 Å². The standard InChI is InChI=1S/C10H12N4O4/c1-4-18-10(16)14-7-6(13-9(14)15)8(17-3)12-5(2)11-7/h4H2,1-3H3,(H,13,15). The van der Waals surface area contributed by atoms with Crippen molar-refractivity contribution in [3.63, 3.8) is 0 Å². The first-order valence-electron chi connectivity index (χ1n) is 5.29. The third-order valence-corrected chi connectivity index (χ3v) is 2.26. The molecule has 96 valence electrons. The van der Waals surface area contributed by atoms with Crippen molar-refractivity contribution in [3.8, 4) is 5.88 Å². The van der Waals surface area contributed by atoms with E-state index >= 15 is 0 Å². The molecular formula is C10H12N4O4. The second-order valence-corrected chi connectivity index (χ2v) is 3.44. The Morgan fingerprint density at radius 1 is 1.44 bits per heavy atom. The summed E-state index contributed by atoms with van der Waals surface area (Å²) in [5.74, 6) is 0.592. The zero-order valence-corrected chi connectivity index (χ0v) is 10.2. The van der Waals surface area contributed by atoms with E-state index in [0.29, 0.717) is 5.82 Å². The fraction of sp³-hybridized carbons (Fsp3) is 0.400. The molecular weight excluding hydrogens is 240 g/mol. The maximum Gasteiger partial charge on any atom is 0.424 e. The average molecular weight is 252 g/mol. The number of rotatable bonds is 2. The normalized spacial score (nSPS) is 10.6. The quantitative estimate of drug-likeness (QED) is 0.832. The Morgan fingerprint density at radius 2 is 2.17 bits per heavy atom. The molecule has 0 unspecified atom stereocenters. The number of ether oxygens (including phenoxy) is 2. The maximum absolute atomic E-state index is 11.7. The van der Waals surface area contributed by atoms with Crippen molar-refractivity contribution in [1.29, 1.82) is 0 Å². The Morgan fingerprint density at radius 3 is 2.78 bits per heavy atom. The molecule has 2 aromatic rings. The number of H-pyrrole nitrogens is 1. The van der Waals surface area contributed by atoms with Gasteiger partial charge in [-0.1, -0.05) is 0 Å². The van der Waals surface area contributed by atoms with E-state index in [2.05, 4.69) is 15.0 Å². The smallest absolute Gasteiger partial charge is 0.424 e. The summed E-state index contributed by atoms with van der Waals surface area (Å²) in [7, 11) is 1.42. The highest BCUT2D eigenvalue weighted by Crippen LogP contribution is 2.18. The SMILES string of the molecule is CCOC(=O)n1c(=O)[nH]c2c(OC)nc(C)nc21. The number of imidazole rings is 1. The Hall–Kier alpha value is -2.38. The molecule has 0 spiro atoms. The molecule has 1 N–H and O–H groups in total. The Balaban J connectivity index is 2.75. The number of aromatic amines is 1. The van der Waals surface area contributed by atoms with Crippen LogP contribution in [-0.4, -0.2) is 39.3 Å². The van der Waals surface area contributed by atoms with E-state index in [-0.39, 0.29) is 23.7 Å². The van der Waals surface area contributed by atoms with E-state index in [4.69, 9.17) is 9.47 Å². The van der Waals surface area contributed by atoms with E-state index in [9.17, 15) is 9.59 Å². The van der Waals surface area contributed by atoms with Crippen molar-refractivity contribution in [3.05, 3.63) is 16.3 Å². The number of nitrogens with zero attached hydrogens (tertiary/aromatic N) is 3. The highest BCUT2D eigenvalue weighted by Gasteiger charge is 2.19. The van der Waals surface area contributed by atoms with E-state index in [1.165, 1.54) is 7.11 Å². The van der Waals surface area contributed by atoms with Gasteiger partial charge in [0.1, 0.15) is 11.3 Å². The second-order valence-electron chi connectivity index (χ2n) is 3.44. The van der Waals surface area contributed by atoms with Crippen molar-refractivity contribution in [2.45, 2.75) is 13.8 Å². The van der Waals surface area contributed by atoms with Crippen LogP contribution in [0.2, 0.25) is 0 Å². The van der Waals surface area contributed by atoms with E-state index in [1.54, 1.807) is 13.8 Å². The number of methoxy groups -OCH3 is 1. The molecule has 0 amide bonds. The second kappa shape index (κ2) is 4.47. The zero-order chi connectivity index (χ0) is 13.3. The molecule has 0 aliphatic heterocycles. The van der Waals surface area contributed by atoms with Gasteiger partial charge < -0.3 is 9.47 Å². The molecule has 0 aliphatic carbocycles. The number of aryl methyl sites for hydroxylation is 1. The number of carbonyl (C=O) groups is 1. The van der Waals surface area contributed by atoms with Crippen LogP contribution in [0.25, 0.3) is 11.2 Å². The number of nitrogens with one attached hydrogen (secondary N) is 1. The molecule has 0 radical (unpaired) electrons. The highest BCUT2D eigenvalue weighted by atomic mass is 16.5. The van der Waals surface area contributed by atoms with Gasteiger partial charge in [-0.05, 0) is 13.8 Å². The third kappa shape index (κ3) is 1.81. The number of hydrogen-bond donors (Lipinski definition) is 1. The molecule has 0 atom stereocenters. The van der Waals surface area contributed by atoms with Crippen LogP contribution in [0.4, 0.5) is 4.79 Å². The van der Waals surface area contributed by atoms with E-state index < -0.39 is 11.8 Å². The average Bonchev–Trinajstić information content (AvgIpc) is 2.64. The van der Waals surface area contributed by atoms with Crippen LogP contribution in [0, 0.1) is 6.92 Å². The minimum absolute atomic E-state index is 0.141. The van der Waals surface area contributed by atoms with Crippen molar-refractivity contribution < 1.29 is 14.3 Å². The van der Waals surface area contributed by atoms with Crippen molar-refractivity contribution in [2.75, 3.05) is 13.7 Å². The molecule has 0 saturated carbocycles. The van der Waals surface area contributed by atoms with E-state index in [0.717, 1.165) is 4.57 Å². The summed E-state index contributed by atoms with van der Waals surface area (Å²) in [6.07, 6.45) is -0.783. The van der Waals surface area contributed by atoms with Gasteiger partial charge in [-0.15, -0.1) is 0 Å². The minimum Gasteiger partial charge on any atom is -0.479 e. The number of fused-ring (bicyclic) bond motifs is 1. The molecule has 0 saturated heterocycles. The van der Waals surface area contributed by atoms with Crippen LogP contribution < -0.4 is 10.4 Å². The first-order valence-corrected chi connectivity index (χ1v) is 5.29. The summed E-state index contributed by atoms with van der Waals surface area (Å²) >= 11 is 0. The summed E-state index contributed by atoms with van der Waals surface area (Å²) in [4.78, 5) is 33.9. The fourth-order valence-corrected chi connectivity index (χ4v) is 1.57. The van der Waals surface area contributed by atoms with Gasteiger partial charge in [0, 0.05) is 0 Å². The highest BCUT2D eigenvalue weighted by molar-refractivity contribution is 5.86. The molecule has 0 aromatic carbocycles. The first kappa shape index (κ1) is 12.1. The van der Waals surface area contributed by atoms with Crippen LogP contribution >= 0.6 is 0 Å². The molecule has 2 aromatic heterocycles. The summed E-state index contributed by atoms with van der Waals surface area (Å²) in [5, 5.41) is 0. The van der Waals surface area contributed by atoms with Gasteiger partial charge in [-0.3, -0.25) is 4.98 Å². The van der Waals surface area contributed by atoms with Gasteiger partial charge in [0.15, 0.2) is 5.65 Å². The van der Waals surface area contributed by atoms with Gasteiger partial charge in [0.2, 0.25) is 5.88 Å². The zero-order valence-electron chi connectivity index (χ0n) is 10.2. The van der Waals surface area contributed by atoms with Gasteiger partial charge in [0.25, 0.3) is 0 Å². The molecule has 2 heterocycles. The molecule has 2 rings (SSSR count). The van der Waals surface area contributed by atoms with Crippen molar-refractivity contribution in [1.82, 2.24) is 19.5 Å². The van der Waals surface area contributed by atoms with Crippen molar-refractivity contribution >= 4 is 17.3 Å². The summed E-state index contributed by atoms with van der Waals surface area (Å²) in [6.45, 7) is 3.45. The lowest BCUT2D eigenvalue weighted by atomic mass is 10.5. The minimum atomic E-state index is -0.783. The molecule has 8 heteroatoms. The summed E-state index contributed by atoms with van der Waals surface area (Å²) in [5.41, 5.74) is -0.231. The molecule has 0 fully saturated rings. The lowest BCUT2D eigenvalue weighted by molar-refractivity contribution is 0.154. The first-order chi connectivity index (χ1) is 8.58. The molecule has 0 bridgehead atoms.